The average Bonchev–Trinajstić information content (AvgIpc) is 2.06. The van der Waals surface area contributed by atoms with Crippen molar-refractivity contribution in [1.82, 2.24) is 4.90 Å². The molecule has 0 aliphatic heterocycles. The van der Waals surface area contributed by atoms with Crippen LogP contribution in [0.15, 0.2) is 0 Å². The lowest BCUT2D eigenvalue weighted by Crippen LogP contribution is -2.23. The van der Waals surface area contributed by atoms with E-state index in [9.17, 15) is 0 Å². The first-order valence-corrected chi connectivity index (χ1v) is 7.74. The molecular formula is C9H23NP2. The van der Waals surface area contributed by atoms with Crippen LogP contribution in [0, 0.1) is 0 Å². The van der Waals surface area contributed by atoms with Crippen LogP contribution in [0.3, 0.4) is 0 Å². The molecule has 0 aliphatic rings. The lowest BCUT2D eigenvalue weighted by molar-refractivity contribution is 0.379. The van der Waals surface area contributed by atoms with E-state index < -0.39 is 0 Å². The van der Waals surface area contributed by atoms with Gasteiger partial charge in [-0.15, -0.1) is 17.2 Å². The van der Waals surface area contributed by atoms with Crippen molar-refractivity contribution >= 4 is 17.2 Å². The first kappa shape index (κ1) is 12.8. The molecule has 74 valence electrons. The molecule has 0 radical (unpaired) electrons. The Bertz CT molecular complexity index is 78.6. The quantitative estimate of drug-likeness (QED) is 0.436. The van der Waals surface area contributed by atoms with Crippen LogP contribution in [0.1, 0.15) is 13.8 Å². The van der Waals surface area contributed by atoms with E-state index in [1.54, 1.807) is 0 Å². The van der Waals surface area contributed by atoms with Gasteiger partial charge in [0.25, 0.3) is 0 Å². The molecule has 0 bridgehead atoms. The van der Waals surface area contributed by atoms with Gasteiger partial charge in [0, 0.05) is 13.1 Å². The van der Waals surface area contributed by atoms with Crippen LogP contribution in [0.5, 0.6) is 0 Å². The normalized spacial score (nSPS) is 13.0. The van der Waals surface area contributed by atoms with E-state index in [1.807, 2.05) is 0 Å². The Morgan fingerprint density at radius 3 is 1.67 bits per heavy atom. The molecule has 1 nitrogen and oxygen atoms in total. The lowest BCUT2D eigenvalue weighted by Gasteiger charge is -2.15. The maximum absolute atomic E-state index is 2.48. The van der Waals surface area contributed by atoms with Gasteiger partial charge in [0.05, 0.1) is 0 Å². The molecule has 0 aliphatic carbocycles. The van der Waals surface area contributed by atoms with Crippen molar-refractivity contribution in [1.29, 1.82) is 0 Å². The second-order valence-electron chi connectivity index (χ2n) is 3.01. The van der Waals surface area contributed by atoms with Gasteiger partial charge in [0.2, 0.25) is 0 Å². The highest BCUT2D eigenvalue weighted by atomic mass is 31.1. The van der Waals surface area contributed by atoms with Crippen molar-refractivity contribution in [2.75, 3.05) is 44.8 Å². The van der Waals surface area contributed by atoms with E-state index >= 15 is 0 Å². The monoisotopic (exact) mass is 207 g/mol. The first-order valence-electron chi connectivity index (χ1n) is 4.91. The second kappa shape index (κ2) is 9.90. The predicted octanol–water partition coefficient (Wildman–Crippen LogP) is 2.32. The number of hydrogen-bond donors (Lipinski definition) is 0. The van der Waals surface area contributed by atoms with Crippen LogP contribution in [-0.2, 0) is 0 Å². The van der Waals surface area contributed by atoms with Gasteiger partial charge >= 0.3 is 0 Å². The van der Waals surface area contributed by atoms with Crippen LogP contribution >= 0.6 is 17.2 Å². The molecule has 0 saturated carbocycles. The third-order valence-corrected chi connectivity index (χ3v) is 3.99. The Balaban J connectivity index is 3.04. The molecular weight excluding hydrogens is 184 g/mol. The summed E-state index contributed by atoms with van der Waals surface area (Å²) in [5, 5.41) is 0. The van der Waals surface area contributed by atoms with E-state index in [1.165, 1.54) is 54.9 Å². The van der Waals surface area contributed by atoms with Crippen molar-refractivity contribution in [3.05, 3.63) is 0 Å². The molecule has 2 unspecified atom stereocenters. The molecule has 0 spiro atoms. The Kier molecular flexibility index (Phi) is 10.6. The zero-order valence-corrected chi connectivity index (χ0v) is 10.7. The van der Waals surface area contributed by atoms with Gasteiger partial charge in [-0.1, -0.05) is 13.8 Å². The van der Waals surface area contributed by atoms with Crippen LogP contribution in [0.2, 0.25) is 0 Å². The summed E-state index contributed by atoms with van der Waals surface area (Å²) >= 11 is 0. The summed E-state index contributed by atoms with van der Waals surface area (Å²) in [6, 6.07) is 0. The van der Waals surface area contributed by atoms with Crippen LogP contribution < -0.4 is 0 Å². The Morgan fingerprint density at radius 2 is 1.33 bits per heavy atom. The maximum atomic E-state index is 2.48. The molecule has 0 aromatic carbocycles. The molecule has 2 atom stereocenters. The average molecular weight is 207 g/mol. The molecule has 0 aromatic heterocycles. The predicted molar refractivity (Wildman–Crippen MR) is 64.9 cm³/mol. The topological polar surface area (TPSA) is 3.24 Å². The SMILES string of the molecule is CCPCCN(C)CCPCC. The molecule has 0 saturated heterocycles. The smallest absolute Gasteiger partial charge is 0.00154 e. The fraction of sp³-hybridized carbons (Fsp3) is 1.00. The van der Waals surface area contributed by atoms with Gasteiger partial charge in [-0.2, -0.15) is 0 Å². The van der Waals surface area contributed by atoms with Gasteiger partial charge in [0.15, 0.2) is 0 Å². The fourth-order valence-corrected chi connectivity index (χ4v) is 2.79. The van der Waals surface area contributed by atoms with Gasteiger partial charge < -0.3 is 4.90 Å². The summed E-state index contributed by atoms with van der Waals surface area (Å²) in [4.78, 5) is 2.48. The number of nitrogens with zero attached hydrogens (tertiary/aromatic N) is 1. The Morgan fingerprint density at radius 1 is 0.917 bits per heavy atom. The number of hydrogen-bond acceptors (Lipinski definition) is 1. The van der Waals surface area contributed by atoms with E-state index in [0.29, 0.717) is 0 Å². The largest absolute Gasteiger partial charge is 0.306 e. The molecule has 0 N–H and O–H groups in total. The Labute approximate surface area is 81.2 Å². The highest BCUT2D eigenvalue weighted by Gasteiger charge is 1.95. The van der Waals surface area contributed by atoms with Gasteiger partial charge in [0.1, 0.15) is 0 Å². The standard InChI is InChI=1S/C9H23NP2/c1-4-11-8-6-10(3)7-9-12-5-2/h11-12H,4-9H2,1-3H3. The van der Waals surface area contributed by atoms with Crippen molar-refractivity contribution < 1.29 is 0 Å². The molecule has 3 heteroatoms. The summed E-state index contributed by atoms with van der Waals surface area (Å²) < 4.78 is 0. The lowest BCUT2D eigenvalue weighted by atomic mass is 10.6. The van der Waals surface area contributed by atoms with E-state index in [4.69, 9.17) is 0 Å². The maximum Gasteiger partial charge on any atom is 0.00154 e. The molecule has 0 aromatic rings. The van der Waals surface area contributed by atoms with Crippen molar-refractivity contribution in [2.24, 2.45) is 0 Å². The zero-order chi connectivity index (χ0) is 9.23. The number of rotatable bonds is 8. The van der Waals surface area contributed by atoms with Crippen molar-refractivity contribution in [3.8, 4) is 0 Å². The van der Waals surface area contributed by atoms with Crippen molar-refractivity contribution in [2.45, 2.75) is 13.8 Å². The summed E-state index contributed by atoms with van der Waals surface area (Å²) in [7, 11) is 4.60. The van der Waals surface area contributed by atoms with Crippen molar-refractivity contribution in [3.63, 3.8) is 0 Å². The third kappa shape index (κ3) is 8.91. The third-order valence-electron chi connectivity index (χ3n) is 1.84. The van der Waals surface area contributed by atoms with E-state index in [-0.39, 0.29) is 0 Å². The minimum Gasteiger partial charge on any atom is -0.306 e. The minimum atomic E-state index is 1.17. The van der Waals surface area contributed by atoms with Crippen LogP contribution in [0.4, 0.5) is 0 Å². The minimum absolute atomic E-state index is 1.17. The summed E-state index contributed by atoms with van der Waals surface area (Å²) in [5.41, 5.74) is 0. The molecule has 12 heavy (non-hydrogen) atoms. The highest BCUT2D eigenvalue weighted by Crippen LogP contribution is 2.10. The van der Waals surface area contributed by atoms with Gasteiger partial charge in [-0.05, 0) is 31.7 Å². The Hall–Kier alpha value is 0.820. The van der Waals surface area contributed by atoms with Gasteiger partial charge in [-0.25, -0.2) is 0 Å². The molecule has 0 amide bonds. The zero-order valence-electron chi connectivity index (χ0n) is 8.69. The van der Waals surface area contributed by atoms with Crippen LogP contribution in [0.25, 0.3) is 0 Å². The summed E-state index contributed by atoms with van der Waals surface area (Å²) in [5.74, 6) is 0. The first-order chi connectivity index (χ1) is 5.81. The summed E-state index contributed by atoms with van der Waals surface area (Å²) in [6.07, 6.45) is 5.54. The second-order valence-corrected chi connectivity index (χ2v) is 6.42. The van der Waals surface area contributed by atoms with E-state index in [2.05, 4.69) is 25.8 Å². The molecule has 0 rings (SSSR count). The summed E-state index contributed by atoms with van der Waals surface area (Å²) in [6.45, 7) is 7.16. The highest BCUT2D eigenvalue weighted by molar-refractivity contribution is 7.38. The fourth-order valence-electron chi connectivity index (χ4n) is 1.01. The van der Waals surface area contributed by atoms with Crippen LogP contribution in [-0.4, -0.2) is 49.7 Å². The van der Waals surface area contributed by atoms with Gasteiger partial charge in [-0.3, -0.25) is 0 Å². The molecule has 0 fully saturated rings. The molecule has 0 heterocycles. The van der Waals surface area contributed by atoms with E-state index in [0.717, 1.165) is 0 Å².